The van der Waals surface area contributed by atoms with Crippen LogP contribution in [0.3, 0.4) is 0 Å². The highest BCUT2D eigenvalue weighted by atomic mass is 16.3. The number of nitrogens with zero attached hydrogens (tertiary/aromatic N) is 3. The topological polar surface area (TPSA) is 121 Å². The van der Waals surface area contributed by atoms with Gasteiger partial charge in [-0.1, -0.05) is 23.8 Å². The van der Waals surface area contributed by atoms with Crippen molar-refractivity contribution >= 4 is 16.9 Å². The Morgan fingerprint density at radius 2 is 1.92 bits per heavy atom. The molecule has 5 N–H and O–H groups in total. The molecule has 2 heterocycles. The normalized spacial score (nSPS) is 13.6. The van der Waals surface area contributed by atoms with Crippen LogP contribution in [-0.2, 0) is 6.42 Å². The molecule has 2 aromatic carbocycles. The van der Waals surface area contributed by atoms with Gasteiger partial charge < -0.3 is 21.1 Å². The average molecular weight is 529 g/mol. The third-order valence-electron chi connectivity index (χ3n) is 6.86. The molecular weight excluding hydrogens is 488 g/mol. The maximum Gasteiger partial charge on any atom is 0.354 e. The van der Waals surface area contributed by atoms with E-state index in [-0.39, 0.29) is 17.8 Å². The van der Waals surface area contributed by atoms with Crippen molar-refractivity contribution in [3.8, 4) is 16.9 Å². The van der Waals surface area contributed by atoms with E-state index in [0.717, 1.165) is 66.7 Å². The van der Waals surface area contributed by atoms with Crippen molar-refractivity contribution in [2.75, 3.05) is 13.1 Å². The molecule has 0 saturated heterocycles. The molecule has 0 amide bonds. The second kappa shape index (κ2) is 12.9. The van der Waals surface area contributed by atoms with Crippen LogP contribution in [0.1, 0.15) is 62.8 Å². The number of H-pyrrole nitrogens is 1. The van der Waals surface area contributed by atoms with Crippen LogP contribution in [0.2, 0.25) is 0 Å². The lowest BCUT2D eigenvalue weighted by Crippen LogP contribution is -2.22. The van der Waals surface area contributed by atoms with E-state index in [0.29, 0.717) is 11.5 Å². The summed E-state index contributed by atoms with van der Waals surface area (Å²) in [5.74, 6) is 0.613. The van der Waals surface area contributed by atoms with Crippen molar-refractivity contribution in [1.29, 1.82) is 0 Å². The Kier molecular flexibility index (Phi) is 9.32. The minimum atomic E-state index is -0.325. The summed E-state index contributed by atoms with van der Waals surface area (Å²) in [5.41, 5.74) is 12.2. The van der Waals surface area contributed by atoms with Gasteiger partial charge in [-0.2, -0.15) is 4.98 Å². The Hall–Kier alpha value is -3.75. The van der Waals surface area contributed by atoms with Gasteiger partial charge in [-0.05, 0) is 107 Å². The number of benzene rings is 2. The molecule has 39 heavy (non-hydrogen) atoms. The summed E-state index contributed by atoms with van der Waals surface area (Å²) in [6, 6.07) is 16.7. The highest BCUT2D eigenvalue weighted by Crippen LogP contribution is 2.26. The van der Waals surface area contributed by atoms with Crippen molar-refractivity contribution in [2.24, 2.45) is 10.7 Å². The third kappa shape index (κ3) is 7.65. The molecule has 0 bridgehead atoms. The van der Waals surface area contributed by atoms with Crippen molar-refractivity contribution in [2.45, 2.75) is 65.5 Å². The zero-order valence-corrected chi connectivity index (χ0v) is 23.4. The van der Waals surface area contributed by atoms with E-state index in [1.165, 1.54) is 11.1 Å². The van der Waals surface area contributed by atoms with Crippen LogP contribution in [0.25, 0.3) is 28.0 Å². The molecule has 0 fully saturated rings. The highest BCUT2D eigenvalue weighted by molar-refractivity contribution is 5.82. The fourth-order valence-corrected chi connectivity index (χ4v) is 4.79. The summed E-state index contributed by atoms with van der Waals surface area (Å²) in [5, 5.41) is 14.0. The summed E-state index contributed by atoms with van der Waals surface area (Å²) in [7, 11) is 0. The largest absolute Gasteiger partial charge is 0.393 e. The first-order valence-corrected chi connectivity index (χ1v) is 13.7. The van der Waals surface area contributed by atoms with Gasteiger partial charge >= 0.3 is 5.69 Å². The van der Waals surface area contributed by atoms with Crippen molar-refractivity contribution in [3.05, 3.63) is 81.9 Å². The lowest BCUT2D eigenvalue weighted by atomic mass is 10.00. The zero-order valence-electron chi connectivity index (χ0n) is 23.4. The molecule has 0 aliphatic rings. The number of aliphatic imine (C=N–C) groups is 1. The summed E-state index contributed by atoms with van der Waals surface area (Å²) in [6.07, 6.45) is 5.12. The number of fused-ring (bicyclic) bond motifs is 1. The maximum atomic E-state index is 12.9. The fraction of sp³-hybridized carbons (Fsp3) is 0.387. The number of aryl methyl sites for hydroxylation is 2. The quantitative estimate of drug-likeness (QED) is 0.119. The Morgan fingerprint density at radius 1 is 1.15 bits per heavy atom. The molecule has 206 valence electrons. The van der Waals surface area contributed by atoms with Crippen LogP contribution < -0.4 is 16.7 Å². The van der Waals surface area contributed by atoms with Gasteiger partial charge in [0.15, 0.2) is 0 Å². The number of aromatic amines is 1. The van der Waals surface area contributed by atoms with Gasteiger partial charge in [0.2, 0.25) is 0 Å². The number of aromatic nitrogens is 3. The lowest BCUT2D eigenvalue weighted by Gasteiger charge is -2.15. The summed E-state index contributed by atoms with van der Waals surface area (Å²) >= 11 is 0. The van der Waals surface area contributed by atoms with Crippen molar-refractivity contribution in [1.82, 2.24) is 19.9 Å². The number of nitrogens with two attached hydrogens (primary N) is 1. The van der Waals surface area contributed by atoms with Gasteiger partial charge in [-0.25, -0.2) is 4.79 Å². The molecule has 8 heteroatoms. The predicted molar refractivity (Wildman–Crippen MR) is 160 cm³/mol. The standard InChI is InChI=1S/C31H40N6O2/c1-20-15-24(8-5-7-21(2)38)17-26(16-20)29-18-27-19-37(31(39)36-30(27)35-29)28-11-9-25(10-12-28)22(3)33-13-6-14-34-23(4)32/h9-12,15-19,21-22,33,38H,5-8,13-14H2,1-4H3,(H2,32,34)(H,35,36,39). The summed E-state index contributed by atoms with van der Waals surface area (Å²) in [4.78, 5) is 24.8. The Balaban J connectivity index is 1.50. The minimum Gasteiger partial charge on any atom is -0.393 e. The first-order chi connectivity index (χ1) is 18.7. The Morgan fingerprint density at radius 3 is 2.64 bits per heavy atom. The molecule has 0 radical (unpaired) electrons. The molecule has 2 unspecified atom stereocenters. The highest BCUT2D eigenvalue weighted by Gasteiger charge is 2.11. The molecule has 8 nitrogen and oxygen atoms in total. The molecule has 0 spiro atoms. The van der Waals surface area contributed by atoms with E-state index in [1.54, 1.807) is 11.5 Å². The molecule has 0 aliphatic carbocycles. The number of rotatable bonds is 12. The first kappa shape index (κ1) is 28.3. The van der Waals surface area contributed by atoms with E-state index in [9.17, 15) is 9.90 Å². The van der Waals surface area contributed by atoms with E-state index >= 15 is 0 Å². The molecule has 4 aromatic rings. The summed E-state index contributed by atoms with van der Waals surface area (Å²) < 4.78 is 1.59. The zero-order chi connectivity index (χ0) is 27.9. The predicted octanol–water partition coefficient (Wildman–Crippen LogP) is 4.81. The van der Waals surface area contributed by atoms with Crippen LogP contribution in [0.4, 0.5) is 0 Å². The third-order valence-corrected chi connectivity index (χ3v) is 6.86. The summed E-state index contributed by atoms with van der Waals surface area (Å²) in [6.45, 7) is 9.40. The SMILES string of the molecule is CC(N)=NCCCNC(C)c1ccc(-n2cc3cc(-c4cc(C)cc(CCCC(C)O)c4)[nH]c3nc2=O)cc1. The molecule has 0 saturated carbocycles. The molecule has 0 aliphatic heterocycles. The van der Waals surface area contributed by atoms with Gasteiger partial charge in [-0.15, -0.1) is 0 Å². The van der Waals surface area contributed by atoms with E-state index < -0.39 is 0 Å². The average Bonchev–Trinajstić information content (AvgIpc) is 3.30. The molecule has 4 rings (SSSR count). The Labute approximate surface area is 230 Å². The van der Waals surface area contributed by atoms with Crippen LogP contribution in [-0.4, -0.2) is 44.7 Å². The van der Waals surface area contributed by atoms with Crippen LogP contribution in [0.5, 0.6) is 0 Å². The van der Waals surface area contributed by atoms with E-state index in [2.05, 4.69) is 52.3 Å². The Bertz CT molecular complexity index is 1480. The number of amidine groups is 1. The minimum absolute atomic E-state index is 0.179. The van der Waals surface area contributed by atoms with Crippen molar-refractivity contribution in [3.63, 3.8) is 0 Å². The molecule has 2 atom stereocenters. The van der Waals surface area contributed by atoms with Crippen LogP contribution in [0.15, 0.2) is 64.5 Å². The smallest absolute Gasteiger partial charge is 0.354 e. The number of nitrogens with one attached hydrogen (secondary N) is 2. The number of aliphatic hydroxyl groups is 1. The number of hydrogen-bond donors (Lipinski definition) is 4. The molecular formula is C31H40N6O2. The monoisotopic (exact) mass is 528 g/mol. The maximum absolute atomic E-state index is 12.9. The van der Waals surface area contributed by atoms with Gasteiger partial charge in [0, 0.05) is 29.9 Å². The first-order valence-electron chi connectivity index (χ1n) is 13.7. The van der Waals surface area contributed by atoms with Crippen LogP contribution >= 0.6 is 0 Å². The molecule has 2 aromatic heterocycles. The van der Waals surface area contributed by atoms with Crippen molar-refractivity contribution < 1.29 is 5.11 Å². The van der Waals surface area contributed by atoms with Gasteiger partial charge in [-0.3, -0.25) is 9.56 Å². The van der Waals surface area contributed by atoms with E-state index in [4.69, 9.17) is 5.73 Å². The second-order valence-electron chi connectivity index (χ2n) is 10.5. The van der Waals surface area contributed by atoms with Gasteiger partial charge in [0.25, 0.3) is 0 Å². The van der Waals surface area contributed by atoms with E-state index in [1.807, 2.05) is 43.5 Å². The lowest BCUT2D eigenvalue weighted by molar-refractivity contribution is 0.182. The number of hydrogen-bond acceptors (Lipinski definition) is 5. The number of aliphatic hydroxyl groups excluding tert-OH is 1. The fourth-order valence-electron chi connectivity index (χ4n) is 4.79. The van der Waals surface area contributed by atoms with Gasteiger partial charge in [0.1, 0.15) is 5.65 Å². The van der Waals surface area contributed by atoms with Gasteiger partial charge in [0.05, 0.1) is 17.6 Å². The second-order valence-corrected chi connectivity index (χ2v) is 10.5. The van der Waals surface area contributed by atoms with Crippen LogP contribution in [0, 0.1) is 6.92 Å².